The van der Waals surface area contributed by atoms with E-state index in [1.165, 1.54) is 18.2 Å². The fourth-order valence-corrected chi connectivity index (χ4v) is 4.75. The van der Waals surface area contributed by atoms with Crippen molar-refractivity contribution in [3.8, 4) is 11.4 Å². The van der Waals surface area contributed by atoms with Crippen molar-refractivity contribution in [1.29, 1.82) is 0 Å². The number of aromatic amines is 1. The maximum atomic E-state index is 14.4. The zero-order valence-corrected chi connectivity index (χ0v) is 16.8. The van der Waals surface area contributed by atoms with Crippen molar-refractivity contribution in [3.05, 3.63) is 51.1 Å². The van der Waals surface area contributed by atoms with Gasteiger partial charge in [0, 0.05) is 9.86 Å². The summed E-state index contributed by atoms with van der Waals surface area (Å²) >= 11 is 4.42. The third-order valence-electron chi connectivity index (χ3n) is 4.17. The highest BCUT2D eigenvalue weighted by Gasteiger charge is 2.26. The van der Waals surface area contributed by atoms with Gasteiger partial charge in [-0.1, -0.05) is 15.9 Å². The van der Waals surface area contributed by atoms with Crippen LogP contribution in [0.1, 0.15) is 27.0 Å². The number of rotatable bonds is 4. The number of carboxylic acids is 1. The molecule has 0 radical (unpaired) electrons. The number of aromatic carboxylic acids is 1. The molecule has 0 atom stereocenters. The highest BCUT2D eigenvalue weighted by Crippen LogP contribution is 2.43. The van der Waals surface area contributed by atoms with Crippen LogP contribution in [0.3, 0.4) is 0 Å². The molecule has 0 bridgehead atoms. The fourth-order valence-electron chi connectivity index (χ4n) is 2.96. The number of nitrogens with one attached hydrogen (secondary N) is 1. The van der Waals surface area contributed by atoms with Crippen molar-refractivity contribution < 1.29 is 23.8 Å². The van der Waals surface area contributed by atoms with E-state index in [1.807, 2.05) is 0 Å². The maximum absolute atomic E-state index is 14.4. The van der Waals surface area contributed by atoms with E-state index in [-0.39, 0.29) is 17.0 Å². The van der Waals surface area contributed by atoms with E-state index in [0.29, 0.717) is 37.0 Å². The molecular weight excluding hydrogens is 451 g/mol. The number of carboxylic acid groups (broad SMARTS) is 1. The number of hydrogen-bond donors (Lipinski definition) is 2. The molecule has 4 aromatic rings. The van der Waals surface area contributed by atoms with Crippen molar-refractivity contribution in [2.45, 2.75) is 6.92 Å². The topological polar surface area (TPSA) is 92.3 Å². The number of carbonyl (C=O) groups excluding carboxylic acids is 1. The summed E-state index contributed by atoms with van der Waals surface area (Å²) in [5.74, 6) is -1.75. The molecule has 0 spiro atoms. The first-order chi connectivity index (χ1) is 13.4. The Balaban J connectivity index is 2.02. The summed E-state index contributed by atoms with van der Waals surface area (Å²) in [4.78, 5) is 31.5. The second-order valence-electron chi connectivity index (χ2n) is 5.88. The first-order valence-electron chi connectivity index (χ1n) is 8.21. The number of imidazole rings is 1. The van der Waals surface area contributed by atoms with E-state index in [4.69, 9.17) is 4.74 Å². The van der Waals surface area contributed by atoms with Crippen LogP contribution in [0, 0.1) is 5.82 Å². The molecule has 0 aliphatic heterocycles. The van der Waals surface area contributed by atoms with Gasteiger partial charge in [-0.25, -0.2) is 19.0 Å². The third kappa shape index (κ3) is 2.96. The molecular formula is C19H12BrFN2O4S. The van der Waals surface area contributed by atoms with Gasteiger partial charge in [0.05, 0.1) is 33.5 Å². The molecule has 0 aliphatic rings. The molecule has 9 heteroatoms. The predicted octanol–water partition coefficient (Wildman–Crippen LogP) is 5.22. The van der Waals surface area contributed by atoms with E-state index in [9.17, 15) is 19.1 Å². The number of H-pyrrole nitrogens is 1. The van der Waals surface area contributed by atoms with Gasteiger partial charge in [-0.3, -0.25) is 0 Å². The van der Waals surface area contributed by atoms with Gasteiger partial charge in [0.2, 0.25) is 0 Å². The van der Waals surface area contributed by atoms with Gasteiger partial charge in [-0.2, -0.15) is 0 Å². The van der Waals surface area contributed by atoms with Crippen LogP contribution in [0.5, 0.6) is 0 Å². The summed E-state index contributed by atoms with van der Waals surface area (Å²) in [5, 5.41) is 9.68. The van der Waals surface area contributed by atoms with E-state index in [1.54, 1.807) is 19.1 Å². The minimum atomic E-state index is -1.06. The molecule has 0 unspecified atom stereocenters. The summed E-state index contributed by atoms with van der Waals surface area (Å²) in [7, 11) is 0. The fraction of sp³-hybridized carbons (Fsp3) is 0.105. The van der Waals surface area contributed by atoms with Gasteiger partial charge in [-0.05, 0) is 37.3 Å². The van der Waals surface area contributed by atoms with Crippen LogP contribution in [0.2, 0.25) is 0 Å². The highest BCUT2D eigenvalue weighted by atomic mass is 79.9. The monoisotopic (exact) mass is 462 g/mol. The number of thiophene rings is 1. The minimum Gasteiger partial charge on any atom is -0.478 e. The molecule has 2 aromatic carbocycles. The number of benzene rings is 2. The van der Waals surface area contributed by atoms with Crippen LogP contribution in [0.25, 0.3) is 32.5 Å². The molecule has 0 amide bonds. The van der Waals surface area contributed by atoms with Gasteiger partial charge < -0.3 is 14.8 Å². The summed E-state index contributed by atoms with van der Waals surface area (Å²) in [5.41, 5.74) is 1.55. The predicted molar refractivity (Wildman–Crippen MR) is 107 cm³/mol. The Bertz CT molecular complexity index is 1260. The maximum Gasteiger partial charge on any atom is 0.349 e. The second kappa shape index (κ2) is 6.99. The van der Waals surface area contributed by atoms with Crippen LogP contribution in [-0.4, -0.2) is 33.6 Å². The molecule has 0 saturated heterocycles. The lowest BCUT2D eigenvalue weighted by Crippen LogP contribution is -2.04. The summed E-state index contributed by atoms with van der Waals surface area (Å²) in [6.45, 7) is 1.87. The van der Waals surface area contributed by atoms with Gasteiger partial charge in [0.25, 0.3) is 0 Å². The van der Waals surface area contributed by atoms with Crippen molar-refractivity contribution >= 4 is 60.3 Å². The van der Waals surface area contributed by atoms with Crippen molar-refractivity contribution in [2.75, 3.05) is 6.61 Å². The van der Waals surface area contributed by atoms with E-state index in [2.05, 4.69) is 25.9 Å². The van der Waals surface area contributed by atoms with Gasteiger partial charge >= 0.3 is 11.9 Å². The number of ether oxygens (including phenoxy) is 1. The first-order valence-corrected chi connectivity index (χ1v) is 9.82. The summed E-state index contributed by atoms with van der Waals surface area (Å²) < 4.78 is 20.5. The number of carbonyl (C=O) groups is 2. The van der Waals surface area contributed by atoms with Crippen molar-refractivity contribution in [2.24, 2.45) is 0 Å². The van der Waals surface area contributed by atoms with Crippen molar-refractivity contribution in [1.82, 2.24) is 9.97 Å². The zero-order chi connectivity index (χ0) is 20.0. The molecule has 0 aliphatic carbocycles. The number of nitrogens with zero attached hydrogens (tertiary/aromatic N) is 1. The Hall–Kier alpha value is -2.78. The quantitative estimate of drug-likeness (QED) is 0.405. The molecule has 28 heavy (non-hydrogen) atoms. The van der Waals surface area contributed by atoms with Gasteiger partial charge in [-0.15, -0.1) is 11.3 Å². The summed E-state index contributed by atoms with van der Waals surface area (Å²) in [6, 6.07) is 7.37. The molecule has 6 nitrogen and oxygen atoms in total. The Kier molecular flexibility index (Phi) is 4.64. The van der Waals surface area contributed by atoms with Gasteiger partial charge in [0.15, 0.2) is 0 Å². The molecule has 142 valence electrons. The number of hydrogen-bond acceptors (Lipinski definition) is 5. The smallest absolute Gasteiger partial charge is 0.349 e. The lowest BCUT2D eigenvalue weighted by atomic mass is 10.1. The summed E-state index contributed by atoms with van der Waals surface area (Å²) in [6.07, 6.45) is 0. The van der Waals surface area contributed by atoms with E-state index >= 15 is 0 Å². The number of halogens is 2. The van der Waals surface area contributed by atoms with Crippen LogP contribution in [0.15, 0.2) is 34.8 Å². The second-order valence-corrected chi connectivity index (χ2v) is 7.76. The number of fused-ring (bicyclic) bond motifs is 2. The number of esters is 1. The molecule has 2 heterocycles. The molecule has 2 N–H and O–H groups in total. The van der Waals surface area contributed by atoms with Crippen LogP contribution < -0.4 is 0 Å². The molecule has 4 rings (SSSR count). The Morgan fingerprint density at radius 1 is 1.32 bits per heavy atom. The van der Waals surface area contributed by atoms with Crippen LogP contribution >= 0.6 is 27.3 Å². The first kappa shape index (κ1) is 18.6. The average Bonchev–Trinajstić information content (AvgIpc) is 3.26. The van der Waals surface area contributed by atoms with Crippen LogP contribution in [0.4, 0.5) is 4.39 Å². The molecule has 0 saturated carbocycles. The van der Waals surface area contributed by atoms with E-state index in [0.717, 1.165) is 11.3 Å². The minimum absolute atomic E-state index is 0.107. The van der Waals surface area contributed by atoms with E-state index < -0.39 is 17.8 Å². The average molecular weight is 463 g/mol. The lowest BCUT2D eigenvalue weighted by molar-refractivity contribution is 0.0532. The Morgan fingerprint density at radius 3 is 2.82 bits per heavy atom. The standard InChI is InChI=1S/C19H12BrFN2O4S/c1-2-27-19(26)16-14(13-9(20)4-5-10(21)15(13)28-16)17-22-11-6-3-8(18(24)25)7-12(11)23-17/h3-7H,2H2,1H3,(H,22,23)(H,24,25). The highest BCUT2D eigenvalue weighted by molar-refractivity contribution is 9.10. The van der Waals surface area contributed by atoms with Gasteiger partial charge in [0.1, 0.15) is 16.5 Å². The van der Waals surface area contributed by atoms with Crippen molar-refractivity contribution in [3.63, 3.8) is 0 Å². The Labute approximate surface area is 170 Å². The SMILES string of the molecule is CCOC(=O)c1sc2c(F)ccc(Br)c2c1-c1nc2ccc(C(=O)O)cc2[nH]1. The molecule has 0 fully saturated rings. The Morgan fingerprint density at radius 2 is 2.11 bits per heavy atom. The zero-order valence-electron chi connectivity index (χ0n) is 14.4. The largest absolute Gasteiger partial charge is 0.478 e. The third-order valence-corrected chi connectivity index (χ3v) is 6.01. The number of aromatic nitrogens is 2. The lowest BCUT2D eigenvalue weighted by Gasteiger charge is -2.03. The molecule has 2 aromatic heterocycles. The normalized spacial score (nSPS) is 11.2. The van der Waals surface area contributed by atoms with Crippen LogP contribution in [-0.2, 0) is 4.74 Å².